The monoisotopic (exact) mass is 280 g/mol. The van der Waals surface area contributed by atoms with E-state index in [4.69, 9.17) is 4.52 Å². The molecule has 0 fully saturated rings. The molecule has 2 aromatic rings. The smallest absolute Gasteiger partial charge is 0.261 e. The van der Waals surface area contributed by atoms with Crippen LogP contribution < -0.4 is 5.32 Å². The number of hydrogen-bond donors (Lipinski definition) is 1. The molecule has 2 rings (SSSR count). The second-order valence-corrected chi connectivity index (χ2v) is 4.74. The lowest BCUT2D eigenvalue weighted by molar-refractivity contribution is 0.102. The molecular formula is C14H14F2N2O2. The Morgan fingerprint density at radius 2 is 2.05 bits per heavy atom. The third kappa shape index (κ3) is 2.68. The highest BCUT2D eigenvalue weighted by Gasteiger charge is 2.23. The lowest BCUT2D eigenvalue weighted by atomic mass is 10.0. The number of aryl methyl sites for hydroxylation is 1. The summed E-state index contributed by atoms with van der Waals surface area (Å²) in [6.07, 6.45) is 0. The Kier molecular flexibility index (Phi) is 3.83. The van der Waals surface area contributed by atoms with E-state index in [0.29, 0.717) is 11.5 Å². The number of benzene rings is 1. The van der Waals surface area contributed by atoms with E-state index in [9.17, 15) is 13.6 Å². The fourth-order valence-electron chi connectivity index (χ4n) is 1.84. The first-order valence-electron chi connectivity index (χ1n) is 6.12. The van der Waals surface area contributed by atoms with Gasteiger partial charge in [0.05, 0.1) is 11.4 Å². The van der Waals surface area contributed by atoms with Crippen molar-refractivity contribution in [3.05, 3.63) is 46.9 Å². The number of nitrogens with zero attached hydrogens (tertiary/aromatic N) is 1. The van der Waals surface area contributed by atoms with Crippen molar-refractivity contribution in [1.82, 2.24) is 5.16 Å². The summed E-state index contributed by atoms with van der Waals surface area (Å²) in [7, 11) is 0. The maximum Gasteiger partial charge on any atom is 0.261 e. The highest BCUT2D eigenvalue weighted by Crippen LogP contribution is 2.24. The van der Waals surface area contributed by atoms with Gasteiger partial charge in [0.1, 0.15) is 17.2 Å². The van der Waals surface area contributed by atoms with Crippen LogP contribution in [-0.4, -0.2) is 11.1 Å². The van der Waals surface area contributed by atoms with Gasteiger partial charge in [0, 0.05) is 12.0 Å². The predicted octanol–water partition coefficient (Wildman–Crippen LogP) is 3.64. The van der Waals surface area contributed by atoms with Crippen LogP contribution in [0.3, 0.4) is 0 Å². The van der Waals surface area contributed by atoms with Gasteiger partial charge in [-0.1, -0.05) is 19.0 Å². The predicted molar refractivity (Wildman–Crippen MR) is 69.6 cm³/mol. The molecule has 0 atom stereocenters. The Balaban J connectivity index is 2.33. The number of aromatic nitrogens is 1. The molecular weight excluding hydrogens is 266 g/mol. The first kappa shape index (κ1) is 14.2. The molecule has 6 heteroatoms. The largest absolute Gasteiger partial charge is 0.360 e. The first-order chi connectivity index (χ1) is 9.40. The SMILES string of the molecule is Cc1noc(C(C)C)c1C(=O)Nc1cc(F)ccc1F. The zero-order chi connectivity index (χ0) is 14.9. The Hall–Kier alpha value is -2.24. The van der Waals surface area contributed by atoms with E-state index in [1.807, 2.05) is 13.8 Å². The molecule has 0 radical (unpaired) electrons. The highest BCUT2D eigenvalue weighted by atomic mass is 19.1. The minimum atomic E-state index is -0.708. The Morgan fingerprint density at radius 1 is 1.35 bits per heavy atom. The number of carbonyl (C=O) groups is 1. The topological polar surface area (TPSA) is 55.1 Å². The van der Waals surface area contributed by atoms with Crippen LogP contribution in [-0.2, 0) is 0 Å². The second-order valence-electron chi connectivity index (χ2n) is 4.74. The van der Waals surface area contributed by atoms with Gasteiger partial charge in [0.25, 0.3) is 5.91 Å². The van der Waals surface area contributed by atoms with E-state index in [2.05, 4.69) is 10.5 Å². The molecule has 4 nitrogen and oxygen atoms in total. The first-order valence-corrected chi connectivity index (χ1v) is 6.12. The average molecular weight is 280 g/mol. The lowest BCUT2D eigenvalue weighted by Gasteiger charge is -2.08. The number of amides is 1. The van der Waals surface area contributed by atoms with Gasteiger partial charge in [0.2, 0.25) is 0 Å². The van der Waals surface area contributed by atoms with Crippen LogP contribution in [0.1, 0.15) is 41.6 Å². The maximum absolute atomic E-state index is 13.5. The van der Waals surface area contributed by atoms with Gasteiger partial charge in [0.15, 0.2) is 5.76 Å². The van der Waals surface area contributed by atoms with E-state index in [-0.39, 0.29) is 17.2 Å². The highest BCUT2D eigenvalue weighted by molar-refractivity contribution is 6.05. The molecule has 1 heterocycles. The zero-order valence-corrected chi connectivity index (χ0v) is 11.3. The zero-order valence-electron chi connectivity index (χ0n) is 11.3. The van der Waals surface area contributed by atoms with E-state index in [1.165, 1.54) is 0 Å². The molecule has 0 saturated carbocycles. The third-order valence-electron chi connectivity index (χ3n) is 2.82. The summed E-state index contributed by atoms with van der Waals surface area (Å²) in [5.74, 6) is -1.55. The van der Waals surface area contributed by atoms with Gasteiger partial charge in [-0.3, -0.25) is 4.79 Å². The van der Waals surface area contributed by atoms with Crippen molar-refractivity contribution in [3.8, 4) is 0 Å². The number of hydrogen-bond acceptors (Lipinski definition) is 3. The van der Waals surface area contributed by atoms with Crippen LogP contribution in [0, 0.1) is 18.6 Å². The fraction of sp³-hybridized carbons (Fsp3) is 0.286. The van der Waals surface area contributed by atoms with Gasteiger partial charge in [-0.2, -0.15) is 0 Å². The molecule has 0 bridgehead atoms. The summed E-state index contributed by atoms with van der Waals surface area (Å²) in [6.45, 7) is 5.31. The number of rotatable bonds is 3. The van der Waals surface area contributed by atoms with Crippen LogP contribution in [0.5, 0.6) is 0 Å². The van der Waals surface area contributed by atoms with Crippen LogP contribution in [0.25, 0.3) is 0 Å². The summed E-state index contributed by atoms with van der Waals surface area (Å²) in [5, 5.41) is 6.07. The van der Waals surface area contributed by atoms with Crippen LogP contribution in [0.15, 0.2) is 22.7 Å². The number of anilines is 1. The normalized spacial score (nSPS) is 10.9. The molecule has 1 amide bonds. The van der Waals surface area contributed by atoms with Crippen molar-refractivity contribution < 1.29 is 18.1 Å². The van der Waals surface area contributed by atoms with Gasteiger partial charge in [-0.05, 0) is 19.1 Å². The Morgan fingerprint density at radius 3 is 2.70 bits per heavy atom. The standard InChI is InChI=1S/C14H14F2N2O2/c1-7(2)13-12(8(3)18-20-13)14(19)17-11-6-9(15)4-5-10(11)16/h4-7H,1-3H3,(H,17,19). The lowest BCUT2D eigenvalue weighted by Crippen LogP contribution is -2.15. The summed E-state index contributed by atoms with van der Waals surface area (Å²) in [6, 6.07) is 2.86. The van der Waals surface area contributed by atoms with E-state index < -0.39 is 17.5 Å². The number of carbonyl (C=O) groups excluding carboxylic acids is 1. The van der Waals surface area contributed by atoms with E-state index in [1.54, 1.807) is 6.92 Å². The van der Waals surface area contributed by atoms with Gasteiger partial charge in [-0.25, -0.2) is 8.78 Å². The quantitative estimate of drug-likeness (QED) is 0.933. The van der Waals surface area contributed by atoms with Gasteiger partial charge >= 0.3 is 0 Å². The summed E-state index contributed by atoms with van der Waals surface area (Å²) in [4.78, 5) is 12.2. The summed E-state index contributed by atoms with van der Waals surface area (Å²) >= 11 is 0. The molecule has 0 unspecified atom stereocenters. The molecule has 20 heavy (non-hydrogen) atoms. The molecule has 106 valence electrons. The second kappa shape index (κ2) is 5.40. The fourth-order valence-corrected chi connectivity index (χ4v) is 1.84. The molecule has 0 aliphatic heterocycles. The van der Waals surface area contributed by atoms with Crippen molar-refractivity contribution >= 4 is 11.6 Å². The Labute approximate surface area is 114 Å². The minimum absolute atomic E-state index is 0.0469. The number of halogens is 2. The van der Waals surface area contributed by atoms with Crippen molar-refractivity contribution in [3.63, 3.8) is 0 Å². The van der Waals surface area contributed by atoms with Gasteiger partial charge < -0.3 is 9.84 Å². The van der Waals surface area contributed by atoms with Crippen LogP contribution >= 0.6 is 0 Å². The summed E-state index contributed by atoms with van der Waals surface area (Å²) in [5.41, 5.74) is 0.442. The Bertz CT molecular complexity index is 651. The molecule has 1 N–H and O–H groups in total. The molecule has 0 saturated heterocycles. The molecule has 0 aliphatic carbocycles. The maximum atomic E-state index is 13.5. The van der Waals surface area contributed by atoms with Crippen molar-refractivity contribution in [1.29, 1.82) is 0 Å². The molecule has 1 aromatic carbocycles. The minimum Gasteiger partial charge on any atom is -0.360 e. The third-order valence-corrected chi connectivity index (χ3v) is 2.82. The molecule has 1 aromatic heterocycles. The molecule has 0 aliphatic rings. The average Bonchev–Trinajstić information content (AvgIpc) is 2.76. The van der Waals surface area contributed by atoms with Crippen molar-refractivity contribution in [2.75, 3.05) is 5.32 Å². The van der Waals surface area contributed by atoms with E-state index >= 15 is 0 Å². The van der Waals surface area contributed by atoms with E-state index in [0.717, 1.165) is 18.2 Å². The summed E-state index contributed by atoms with van der Waals surface area (Å²) < 4.78 is 31.7. The van der Waals surface area contributed by atoms with Crippen LogP contribution in [0.2, 0.25) is 0 Å². The number of nitrogens with one attached hydrogen (secondary N) is 1. The van der Waals surface area contributed by atoms with Crippen molar-refractivity contribution in [2.45, 2.75) is 26.7 Å². The van der Waals surface area contributed by atoms with Gasteiger partial charge in [-0.15, -0.1) is 0 Å². The van der Waals surface area contributed by atoms with Crippen LogP contribution in [0.4, 0.5) is 14.5 Å². The van der Waals surface area contributed by atoms with Crippen molar-refractivity contribution in [2.24, 2.45) is 0 Å². The molecule has 0 spiro atoms.